The minimum absolute atomic E-state index is 0.0233. The van der Waals surface area contributed by atoms with Crippen LogP contribution in [0.2, 0.25) is 0 Å². The molecule has 0 radical (unpaired) electrons. The van der Waals surface area contributed by atoms with Crippen LogP contribution in [0.3, 0.4) is 0 Å². The molecule has 0 fully saturated rings. The molecule has 0 aromatic heterocycles. The van der Waals surface area contributed by atoms with Gasteiger partial charge < -0.3 is 14.6 Å². The van der Waals surface area contributed by atoms with E-state index in [0.29, 0.717) is 0 Å². The van der Waals surface area contributed by atoms with Gasteiger partial charge in [-0.15, -0.1) is 0 Å². The first-order chi connectivity index (χ1) is 9.63. The van der Waals surface area contributed by atoms with Crippen molar-refractivity contribution in [1.82, 2.24) is 0 Å². The molecule has 0 saturated carbocycles. The zero-order chi connectivity index (χ0) is 14.5. The Morgan fingerprint density at radius 1 is 1.05 bits per heavy atom. The van der Waals surface area contributed by atoms with E-state index in [1.54, 1.807) is 14.2 Å². The minimum Gasteiger partial charge on any atom is -0.497 e. The maximum Gasteiger partial charge on any atom is 0.307 e. The van der Waals surface area contributed by atoms with Crippen molar-refractivity contribution in [3.63, 3.8) is 0 Å². The molecule has 4 heteroatoms. The first-order valence-electron chi connectivity index (χ1n) is 6.17. The average Bonchev–Trinajstić information content (AvgIpc) is 2.46. The summed E-state index contributed by atoms with van der Waals surface area (Å²) in [5.74, 6) is 0.656. The molecule has 0 aliphatic carbocycles. The molecular formula is C16H16O4. The van der Waals surface area contributed by atoms with E-state index in [0.717, 1.165) is 28.2 Å². The smallest absolute Gasteiger partial charge is 0.307 e. The Bertz CT molecular complexity index is 602. The Labute approximate surface area is 117 Å². The highest BCUT2D eigenvalue weighted by Gasteiger charge is 2.08. The SMILES string of the molecule is COc1ccc(OC)c(-c2ccc(CC(=O)O)cc2)c1. The molecule has 2 rings (SSSR count). The highest BCUT2D eigenvalue weighted by Crippen LogP contribution is 2.33. The molecule has 0 amide bonds. The zero-order valence-corrected chi connectivity index (χ0v) is 11.4. The van der Waals surface area contributed by atoms with Gasteiger partial charge in [-0.05, 0) is 29.3 Å². The fourth-order valence-electron chi connectivity index (χ4n) is 2.02. The van der Waals surface area contributed by atoms with Gasteiger partial charge in [-0.3, -0.25) is 4.79 Å². The Kier molecular flexibility index (Phi) is 4.25. The van der Waals surface area contributed by atoms with Gasteiger partial charge in [-0.2, -0.15) is 0 Å². The van der Waals surface area contributed by atoms with Crippen LogP contribution in [0.1, 0.15) is 5.56 Å². The summed E-state index contributed by atoms with van der Waals surface area (Å²) in [6.07, 6.45) is 0.0233. The number of carboxylic acids is 1. The normalized spacial score (nSPS) is 10.1. The highest BCUT2D eigenvalue weighted by molar-refractivity contribution is 5.74. The van der Waals surface area contributed by atoms with Crippen molar-refractivity contribution >= 4 is 5.97 Å². The van der Waals surface area contributed by atoms with Crippen LogP contribution >= 0.6 is 0 Å². The lowest BCUT2D eigenvalue weighted by atomic mass is 10.0. The summed E-state index contributed by atoms with van der Waals surface area (Å²) >= 11 is 0. The standard InChI is InChI=1S/C16H16O4/c1-19-13-7-8-15(20-2)14(10-13)12-5-3-11(4-6-12)9-16(17)18/h3-8,10H,9H2,1-2H3,(H,17,18). The van der Waals surface area contributed by atoms with Gasteiger partial charge in [0, 0.05) is 5.56 Å². The Morgan fingerprint density at radius 3 is 2.30 bits per heavy atom. The van der Waals surface area contributed by atoms with E-state index < -0.39 is 5.97 Å². The number of carboxylic acid groups (broad SMARTS) is 1. The second kappa shape index (κ2) is 6.10. The van der Waals surface area contributed by atoms with Gasteiger partial charge in [-0.25, -0.2) is 0 Å². The fraction of sp³-hybridized carbons (Fsp3) is 0.188. The van der Waals surface area contributed by atoms with Crippen LogP contribution in [0.4, 0.5) is 0 Å². The molecule has 4 nitrogen and oxygen atoms in total. The van der Waals surface area contributed by atoms with Crippen molar-refractivity contribution in [1.29, 1.82) is 0 Å². The second-order valence-electron chi connectivity index (χ2n) is 4.33. The first kappa shape index (κ1) is 13.9. The predicted molar refractivity (Wildman–Crippen MR) is 76.3 cm³/mol. The summed E-state index contributed by atoms with van der Waals surface area (Å²) in [4.78, 5) is 10.7. The van der Waals surface area contributed by atoms with Crippen molar-refractivity contribution in [2.75, 3.05) is 14.2 Å². The van der Waals surface area contributed by atoms with Crippen LogP contribution in [0.5, 0.6) is 11.5 Å². The second-order valence-corrected chi connectivity index (χ2v) is 4.33. The van der Waals surface area contributed by atoms with E-state index in [4.69, 9.17) is 14.6 Å². The molecule has 0 atom stereocenters. The number of benzene rings is 2. The lowest BCUT2D eigenvalue weighted by Gasteiger charge is -2.11. The predicted octanol–water partition coefficient (Wildman–Crippen LogP) is 3.00. The van der Waals surface area contributed by atoms with Crippen LogP contribution in [0, 0.1) is 0 Å². The average molecular weight is 272 g/mol. The molecular weight excluding hydrogens is 256 g/mol. The van der Waals surface area contributed by atoms with E-state index in [1.165, 1.54) is 0 Å². The van der Waals surface area contributed by atoms with Crippen molar-refractivity contribution < 1.29 is 19.4 Å². The summed E-state index contributed by atoms with van der Waals surface area (Å²) in [6, 6.07) is 13.0. The maximum absolute atomic E-state index is 10.7. The maximum atomic E-state index is 10.7. The largest absolute Gasteiger partial charge is 0.497 e. The fourth-order valence-corrected chi connectivity index (χ4v) is 2.02. The minimum atomic E-state index is -0.836. The summed E-state index contributed by atoms with van der Waals surface area (Å²) in [5, 5.41) is 8.77. The molecule has 104 valence electrons. The van der Waals surface area contributed by atoms with Gasteiger partial charge in [0.2, 0.25) is 0 Å². The van der Waals surface area contributed by atoms with Crippen LogP contribution in [-0.4, -0.2) is 25.3 Å². The third-order valence-corrected chi connectivity index (χ3v) is 3.03. The number of methoxy groups -OCH3 is 2. The Hall–Kier alpha value is -2.49. The van der Waals surface area contributed by atoms with Gasteiger partial charge in [0.05, 0.1) is 20.6 Å². The summed E-state index contributed by atoms with van der Waals surface area (Å²) in [7, 11) is 3.23. The number of ether oxygens (including phenoxy) is 2. The molecule has 20 heavy (non-hydrogen) atoms. The zero-order valence-electron chi connectivity index (χ0n) is 11.4. The number of rotatable bonds is 5. The van der Waals surface area contributed by atoms with Crippen LogP contribution in [0.25, 0.3) is 11.1 Å². The van der Waals surface area contributed by atoms with Crippen molar-refractivity contribution in [3.05, 3.63) is 48.0 Å². The third-order valence-electron chi connectivity index (χ3n) is 3.03. The van der Waals surface area contributed by atoms with Gasteiger partial charge in [-0.1, -0.05) is 24.3 Å². The summed E-state index contributed by atoms with van der Waals surface area (Å²) in [6.45, 7) is 0. The molecule has 1 N–H and O–H groups in total. The lowest BCUT2D eigenvalue weighted by Crippen LogP contribution is -1.99. The van der Waals surface area contributed by atoms with Crippen LogP contribution < -0.4 is 9.47 Å². The number of hydrogen-bond donors (Lipinski definition) is 1. The lowest BCUT2D eigenvalue weighted by molar-refractivity contribution is -0.136. The molecule has 0 aliphatic rings. The van der Waals surface area contributed by atoms with Gasteiger partial charge >= 0.3 is 5.97 Å². The number of aliphatic carboxylic acids is 1. The van der Waals surface area contributed by atoms with Gasteiger partial charge in [0.25, 0.3) is 0 Å². The monoisotopic (exact) mass is 272 g/mol. The summed E-state index contributed by atoms with van der Waals surface area (Å²) < 4.78 is 10.6. The topological polar surface area (TPSA) is 55.8 Å². The molecule has 2 aromatic carbocycles. The molecule has 0 saturated heterocycles. The molecule has 0 aliphatic heterocycles. The molecule has 2 aromatic rings. The molecule has 0 unspecified atom stereocenters. The van der Waals surface area contributed by atoms with E-state index in [2.05, 4.69) is 0 Å². The Balaban J connectivity index is 2.37. The quantitative estimate of drug-likeness (QED) is 0.909. The number of carbonyl (C=O) groups is 1. The van der Waals surface area contributed by atoms with Crippen molar-refractivity contribution in [2.45, 2.75) is 6.42 Å². The van der Waals surface area contributed by atoms with Gasteiger partial charge in [0.1, 0.15) is 11.5 Å². The van der Waals surface area contributed by atoms with Gasteiger partial charge in [0.15, 0.2) is 0 Å². The van der Waals surface area contributed by atoms with E-state index in [9.17, 15) is 4.79 Å². The highest BCUT2D eigenvalue weighted by atomic mass is 16.5. The first-order valence-corrected chi connectivity index (χ1v) is 6.17. The molecule has 0 heterocycles. The van der Waals surface area contributed by atoms with Crippen molar-refractivity contribution in [2.24, 2.45) is 0 Å². The Morgan fingerprint density at radius 2 is 1.75 bits per heavy atom. The number of hydrogen-bond acceptors (Lipinski definition) is 3. The summed E-state index contributed by atoms with van der Waals surface area (Å²) in [5.41, 5.74) is 2.63. The van der Waals surface area contributed by atoms with E-state index in [-0.39, 0.29) is 6.42 Å². The molecule has 0 spiro atoms. The van der Waals surface area contributed by atoms with Crippen LogP contribution in [0.15, 0.2) is 42.5 Å². The molecule has 0 bridgehead atoms. The van der Waals surface area contributed by atoms with E-state index in [1.807, 2.05) is 42.5 Å². The van der Waals surface area contributed by atoms with E-state index >= 15 is 0 Å². The van der Waals surface area contributed by atoms with Crippen molar-refractivity contribution in [3.8, 4) is 22.6 Å². The third kappa shape index (κ3) is 3.09. The van der Waals surface area contributed by atoms with Crippen LogP contribution in [-0.2, 0) is 11.2 Å².